The molecule has 1 heterocycles. The Balaban J connectivity index is 2.22. The Bertz CT molecular complexity index is 582. The largest absolute Gasteiger partial charge is 0.497 e. The van der Waals surface area contributed by atoms with Gasteiger partial charge in [-0.2, -0.15) is 4.57 Å². The van der Waals surface area contributed by atoms with Gasteiger partial charge in [0.1, 0.15) is 25.2 Å². The molecule has 0 saturated heterocycles. The van der Waals surface area contributed by atoms with E-state index in [4.69, 9.17) is 14.9 Å². The minimum atomic E-state index is 0.464. The van der Waals surface area contributed by atoms with Crippen LogP contribution >= 0.6 is 0 Å². The van der Waals surface area contributed by atoms with Crippen molar-refractivity contribution >= 4 is 12.4 Å². The Morgan fingerprint density at radius 1 is 1.29 bits per heavy atom. The van der Waals surface area contributed by atoms with Crippen LogP contribution in [0.15, 0.2) is 60.9 Å². The van der Waals surface area contributed by atoms with Crippen LogP contribution < -0.4 is 9.98 Å². The van der Waals surface area contributed by atoms with E-state index in [-0.39, 0.29) is 0 Å². The van der Waals surface area contributed by atoms with Gasteiger partial charge in [-0.25, -0.2) is 4.98 Å². The second-order valence-electron chi connectivity index (χ2n) is 4.83. The number of hydrogen-bond acceptors (Lipinski definition) is 4. The molecule has 0 radical (unpaired) electrons. The SMILES string of the molecule is C=CC/C(=C/OCCOCC[n+]1ccnc(CC=C)c1)N=CC=[NH2+]. The molecule has 0 aliphatic heterocycles. The van der Waals surface area contributed by atoms with Gasteiger partial charge in [0.15, 0.2) is 25.2 Å². The first-order valence-electron chi connectivity index (χ1n) is 7.82. The van der Waals surface area contributed by atoms with Crippen LogP contribution in [0.5, 0.6) is 0 Å². The number of aliphatic imine (C=N–C) groups is 1. The van der Waals surface area contributed by atoms with Crippen LogP contribution in [-0.2, 0) is 22.4 Å². The highest BCUT2D eigenvalue weighted by Gasteiger charge is 2.02. The van der Waals surface area contributed by atoms with E-state index in [1.165, 1.54) is 12.4 Å². The molecule has 0 aromatic carbocycles. The zero-order valence-corrected chi connectivity index (χ0v) is 14.0. The van der Waals surface area contributed by atoms with Crippen molar-refractivity contribution < 1.29 is 19.5 Å². The van der Waals surface area contributed by atoms with Crippen LogP contribution in [0.25, 0.3) is 0 Å². The molecule has 0 spiro atoms. The van der Waals surface area contributed by atoms with Gasteiger partial charge in [-0.05, 0) is 0 Å². The Kier molecular flexibility index (Phi) is 10.4. The Morgan fingerprint density at radius 2 is 2.17 bits per heavy atom. The molecule has 0 atom stereocenters. The summed E-state index contributed by atoms with van der Waals surface area (Å²) in [6.45, 7) is 9.73. The number of nitrogens with zero attached hydrogens (tertiary/aromatic N) is 3. The number of aromatic nitrogens is 2. The fourth-order valence-electron chi connectivity index (χ4n) is 1.83. The monoisotopic (exact) mass is 330 g/mol. The molecular weight excluding hydrogens is 304 g/mol. The van der Waals surface area contributed by atoms with Crippen molar-refractivity contribution in [2.24, 2.45) is 4.99 Å². The molecule has 2 N–H and O–H groups in total. The van der Waals surface area contributed by atoms with Crippen molar-refractivity contribution in [2.45, 2.75) is 19.4 Å². The lowest BCUT2D eigenvalue weighted by Gasteiger charge is -2.04. The summed E-state index contributed by atoms with van der Waals surface area (Å²) in [5, 5.41) is 5.26. The highest BCUT2D eigenvalue weighted by atomic mass is 16.5. The number of rotatable bonds is 13. The first-order chi connectivity index (χ1) is 11.8. The standard InChI is InChI=1S/C18H25N4O2/c1-3-5-17-15-22(10-9-21-17)11-12-23-13-14-24-16-18(6-4-2)20-8-7-19/h3-4,7-10,15-16,19H,1-2,5-6,11-14H2/q+1/p+1/b18-16-,19-7?,20-8?. The van der Waals surface area contributed by atoms with Gasteiger partial charge in [0.2, 0.25) is 0 Å². The third-order valence-corrected chi connectivity index (χ3v) is 2.91. The molecule has 0 unspecified atom stereocenters. The molecule has 128 valence electrons. The predicted octanol–water partition coefficient (Wildman–Crippen LogP) is 0.449. The lowest BCUT2D eigenvalue weighted by atomic mass is 10.3. The number of nitrogens with two attached hydrogens (primary N) is 1. The summed E-state index contributed by atoms with van der Waals surface area (Å²) in [5.41, 5.74) is 1.75. The van der Waals surface area contributed by atoms with Crippen molar-refractivity contribution in [3.05, 3.63) is 61.6 Å². The maximum absolute atomic E-state index is 5.56. The van der Waals surface area contributed by atoms with Gasteiger partial charge < -0.3 is 9.47 Å². The smallest absolute Gasteiger partial charge is 0.190 e. The molecule has 1 aromatic rings. The highest BCUT2D eigenvalue weighted by molar-refractivity contribution is 6.13. The third kappa shape index (κ3) is 8.75. The molecule has 6 nitrogen and oxygen atoms in total. The van der Waals surface area contributed by atoms with Crippen LogP contribution in [0.4, 0.5) is 0 Å². The van der Waals surface area contributed by atoms with Gasteiger partial charge in [0.25, 0.3) is 0 Å². The molecule has 0 aliphatic rings. The van der Waals surface area contributed by atoms with Gasteiger partial charge >= 0.3 is 0 Å². The second-order valence-corrected chi connectivity index (χ2v) is 4.83. The molecule has 0 aliphatic carbocycles. The van der Waals surface area contributed by atoms with Crippen molar-refractivity contribution in [1.29, 1.82) is 0 Å². The van der Waals surface area contributed by atoms with Crippen molar-refractivity contribution in [2.75, 3.05) is 19.8 Å². The first-order valence-corrected chi connectivity index (χ1v) is 7.82. The van der Waals surface area contributed by atoms with E-state index >= 15 is 0 Å². The van der Waals surface area contributed by atoms with E-state index in [2.05, 4.69) is 23.1 Å². The summed E-state index contributed by atoms with van der Waals surface area (Å²) in [6.07, 6.45) is 15.2. The average molecular weight is 330 g/mol. The lowest BCUT2D eigenvalue weighted by Crippen LogP contribution is -2.36. The lowest BCUT2D eigenvalue weighted by molar-refractivity contribution is -0.699. The normalized spacial score (nSPS) is 11.4. The van der Waals surface area contributed by atoms with Gasteiger partial charge in [0.05, 0.1) is 24.7 Å². The van der Waals surface area contributed by atoms with Crippen molar-refractivity contribution in [1.82, 2.24) is 4.98 Å². The van der Waals surface area contributed by atoms with Crippen LogP contribution in [0.1, 0.15) is 12.1 Å². The fraction of sp³-hybridized carbons (Fsp3) is 0.333. The van der Waals surface area contributed by atoms with Crippen LogP contribution in [0.2, 0.25) is 0 Å². The Morgan fingerprint density at radius 3 is 2.92 bits per heavy atom. The minimum absolute atomic E-state index is 0.464. The molecule has 0 fully saturated rings. The van der Waals surface area contributed by atoms with Gasteiger partial charge in [0, 0.05) is 12.8 Å². The zero-order valence-electron chi connectivity index (χ0n) is 14.0. The topological polar surface area (TPSA) is 73.2 Å². The maximum Gasteiger partial charge on any atom is 0.190 e. The zero-order chi connectivity index (χ0) is 17.5. The molecule has 24 heavy (non-hydrogen) atoms. The third-order valence-electron chi connectivity index (χ3n) is 2.91. The number of hydrogen-bond donors (Lipinski definition) is 1. The summed E-state index contributed by atoms with van der Waals surface area (Å²) in [5.74, 6) is 0. The van der Waals surface area contributed by atoms with E-state index in [1.807, 2.05) is 23.0 Å². The maximum atomic E-state index is 5.56. The van der Waals surface area contributed by atoms with Gasteiger partial charge in [-0.1, -0.05) is 12.2 Å². The van der Waals surface area contributed by atoms with Crippen LogP contribution in [0, 0.1) is 0 Å². The summed E-state index contributed by atoms with van der Waals surface area (Å²) in [4.78, 5) is 8.39. The quantitative estimate of drug-likeness (QED) is 0.188. The van der Waals surface area contributed by atoms with Crippen molar-refractivity contribution in [3.8, 4) is 0 Å². The summed E-state index contributed by atoms with van der Waals surface area (Å²) >= 11 is 0. The summed E-state index contributed by atoms with van der Waals surface area (Å²) < 4.78 is 13.0. The summed E-state index contributed by atoms with van der Waals surface area (Å²) in [7, 11) is 0. The molecule has 0 bridgehead atoms. The minimum Gasteiger partial charge on any atom is -0.497 e. The first kappa shape index (κ1) is 19.4. The fourth-order valence-corrected chi connectivity index (χ4v) is 1.83. The Hall–Kier alpha value is -2.60. The van der Waals surface area contributed by atoms with E-state index in [9.17, 15) is 0 Å². The molecule has 6 heteroatoms. The average Bonchev–Trinajstić information content (AvgIpc) is 2.59. The second kappa shape index (κ2) is 12.9. The van der Waals surface area contributed by atoms with Crippen molar-refractivity contribution in [3.63, 3.8) is 0 Å². The molecular formula is C18H26N4O2+2. The van der Waals surface area contributed by atoms with Gasteiger partial charge in [-0.3, -0.25) is 10.4 Å². The number of ether oxygens (including phenoxy) is 2. The van der Waals surface area contributed by atoms with E-state index in [0.29, 0.717) is 26.2 Å². The predicted molar refractivity (Wildman–Crippen MR) is 94.5 cm³/mol. The van der Waals surface area contributed by atoms with Gasteiger partial charge in [-0.15, -0.1) is 13.2 Å². The molecule has 0 amide bonds. The molecule has 1 aromatic heterocycles. The van der Waals surface area contributed by atoms with E-state index in [0.717, 1.165) is 24.4 Å². The highest BCUT2D eigenvalue weighted by Crippen LogP contribution is 2.03. The van der Waals surface area contributed by atoms with E-state index in [1.54, 1.807) is 18.5 Å². The van der Waals surface area contributed by atoms with Crippen LogP contribution in [0.3, 0.4) is 0 Å². The van der Waals surface area contributed by atoms with E-state index < -0.39 is 0 Å². The molecule has 0 saturated carbocycles. The van der Waals surface area contributed by atoms with Crippen LogP contribution in [-0.4, -0.2) is 37.2 Å². The Labute approximate surface area is 143 Å². The number of allylic oxidation sites excluding steroid dienone is 2. The summed E-state index contributed by atoms with van der Waals surface area (Å²) in [6, 6.07) is 0. The molecule has 1 rings (SSSR count).